The Hall–Kier alpha value is -0.210. The third kappa shape index (κ3) is 8.82. The number of aliphatic hydroxyl groups is 1. The summed E-state index contributed by atoms with van der Waals surface area (Å²) in [5, 5.41) is 7.75. The molecule has 0 bridgehead atoms. The van der Waals surface area contributed by atoms with Gasteiger partial charge in [-0.3, -0.25) is 4.18 Å². The SMILES string of the molecule is C=CCOS(=O)(=O)c1ccccc1.NCCO.[H-].[Na+]. The van der Waals surface area contributed by atoms with Crippen molar-refractivity contribution in [1.82, 2.24) is 0 Å². The minimum atomic E-state index is -3.59. The van der Waals surface area contributed by atoms with E-state index < -0.39 is 10.1 Å². The number of hydrogen-bond acceptors (Lipinski definition) is 5. The summed E-state index contributed by atoms with van der Waals surface area (Å²) < 4.78 is 27.3. The standard InChI is InChI=1S/C9H10O3S.C2H7NO.Na.H/c1-2-8-12-13(10,11)9-6-4-3-5-7-9;3-1-2-4;;/h2-7H,1,8H2;4H,1-3H2;;/q;;+1;-1. The Kier molecular flexibility index (Phi) is 13.2. The van der Waals surface area contributed by atoms with Crippen LogP contribution >= 0.6 is 0 Å². The second-order valence-electron chi connectivity index (χ2n) is 2.85. The van der Waals surface area contributed by atoms with E-state index in [4.69, 9.17) is 10.8 Å². The maximum Gasteiger partial charge on any atom is 1.00 e. The fraction of sp³-hybridized carbons (Fsp3) is 0.273. The van der Waals surface area contributed by atoms with Gasteiger partial charge in [-0.1, -0.05) is 24.3 Å². The van der Waals surface area contributed by atoms with Gasteiger partial charge in [-0.2, -0.15) is 8.42 Å². The van der Waals surface area contributed by atoms with Gasteiger partial charge in [-0.25, -0.2) is 0 Å². The second kappa shape index (κ2) is 11.9. The van der Waals surface area contributed by atoms with Crippen molar-refractivity contribution < 1.29 is 48.7 Å². The van der Waals surface area contributed by atoms with Gasteiger partial charge in [0.15, 0.2) is 0 Å². The van der Waals surface area contributed by atoms with E-state index in [1.165, 1.54) is 18.2 Å². The second-order valence-corrected chi connectivity index (χ2v) is 4.47. The van der Waals surface area contributed by atoms with E-state index in [0.717, 1.165) is 0 Å². The molecule has 0 amide bonds. The molecule has 3 N–H and O–H groups in total. The molecule has 1 aromatic rings. The molecule has 7 heteroatoms. The molecule has 1 aromatic carbocycles. The van der Waals surface area contributed by atoms with Crippen LogP contribution in [0.15, 0.2) is 47.9 Å². The van der Waals surface area contributed by atoms with Crippen LogP contribution < -0.4 is 35.3 Å². The summed E-state index contributed by atoms with van der Waals surface area (Å²) >= 11 is 0. The molecule has 98 valence electrons. The topological polar surface area (TPSA) is 89.6 Å². The van der Waals surface area contributed by atoms with Gasteiger partial charge in [0.25, 0.3) is 10.1 Å². The molecule has 0 fully saturated rings. The maximum atomic E-state index is 11.3. The molecule has 0 aliphatic rings. The third-order valence-electron chi connectivity index (χ3n) is 1.50. The van der Waals surface area contributed by atoms with Gasteiger partial charge in [0.05, 0.1) is 18.1 Å². The molecule has 18 heavy (non-hydrogen) atoms. The summed E-state index contributed by atoms with van der Waals surface area (Å²) in [5.41, 5.74) is 4.78. The van der Waals surface area contributed by atoms with E-state index in [2.05, 4.69) is 10.8 Å². The van der Waals surface area contributed by atoms with E-state index in [9.17, 15) is 8.42 Å². The van der Waals surface area contributed by atoms with Crippen LogP contribution in [0.5, 0.6) is 0 Å². The van der Waals surface area contributed by atoms with Crippen molar-refractivity contribution in [3.05, 3.63) is 43.0 Å². The number of hydrogen-bond donors (Lipinski definition) is 2. The fourth-order valence-electron chi connectivity index (χ4n) is 0.793. The first kappa shape index (κ1) is 20.1. The number of nitrogens with two attached hydrogens (primary N) is 1. The normalized spacial score (nSPS) is 9.67. The molecule has 5 nitrogen and oxygen atoms in total. The van der Waals surface area contributed by atoms with E-state index >= 15 is 0 Å². The average Bonchev–Trinajstić information content (AvgIpc) is 2.38. The molecule has 1 rings (SSSR count). The van der Waals surface area contributed by atoms with Crippen molar-refractivity contribution in [2.45, 2.75) is 4.90 Å². The molecule has 0 saturated heterocycles. The van der Waals surface area contributed by atoms with Gasteiger partial charge in [-0.05, 0) is 12.1 Å². The Morgan fingerprint density at radius 1 is 1.39 bits per heavy atom. The van der Waals surface area contributed by atoms with Crippen molar-refractivity contribution >= 4 is 10.1 Å². The Balaban J connectivity index is -0.000000379. The van der Waals surface area contributed by atoms with Gasteiger partial charge < -0.3 is 12.3 Å². The zero-order chi connectivity index (χ0) is 13.1. The van der Waals surface area contributed by atoms with E-state index in [-0.39, 0.29) is 49.1 Å². The quantitative estimate of drug-likeness (QED) is 0.358. The zero-order valence-electron chi connectivity index (χ0n) is 11.5. The summed E-state index contributed by atoms with van der Waals surface area (Å²) in [6.07, 6.45) is 1.39. The van der Waals surface area contributed by atoms with Gasteiger partial charge >= 0.3 is 29.6 Å². The number of benzene rings is 1. The van der Waals surface area contributed by atoms with E-state index in [1.54, 1.807) is 18.2 Å². The van der Waals surface area contributed by atoms with Crippen LogP contribution in [0.3, 0.4) is 0 Å². The Labute approximate surface area is 132 Å². The van der Waals surface area contributed by atoms with Crippen LogP contribution in [0.4, 0.5) is 0 Å². The monoisotopic (exact) mass is 283 g/mol. The first-order chi connectivity index (χ1) is 8.08. The summed E-state index contributed by atoms with van der Waals surface area (Å²) in [6, 6.07) is 8.00. The maximum absolute atomic E-state index is 11.3. The summed E-state index contributed by atoms with van der Waals surface area (Å²) in [7, 11) is -3.59. The summed E-state index contributed by atoms with van der Waals surface area (Å²) in [4.78, 5) is 0.164. The van der Waals surface area contributed by atoms with Crippen LogP contribution in [-0.4, -0.2) is 33.3 Å². The van der Waals surface area contributed by atoms with Crippen molar-refractivity contribution in [2.24, 2.45) is 5.73 Å². The van der Waals surface area contributed by atoms with E-state index in [0.29, 0.717) is 6.54 Å². The first-order valence-corrected chi connectivity index (χ1v) is 6.35. The zero-order valence-corrected chi connectivity index (χ0v) is 13.3. The molecular formula is C11H18NNaO4S. The average molecular weight is 283 g/mol. The molecule has 0 heterocycles. The van der Waals surface area contributed by atoms with Gasteiger partial charge in [0, 0.05) is 6.54 Å². The fourth-order valence-corrected chi connectivity index (χ4v) is 1.69. The molecular weight excluding hydrogens is 265 g/mol. The Bertz CT molecular complexity index is 412. The molecule has 0 atom stereocenters. The molecule has 0 aromatic heterocycles. The Morgan fingerprint density at radius 3 is 2.28 bits per heavy atom. The van der Waals surface area contributed by atoms with Crippen molar-refractivity contribution in [3.8, 4) is 0 Å². The first-order valence-electron chi connectivity index (χ1n) is 4.94. The number of rotatable bonds is 5. The van der Waals surface area contributed by atoms with Crippen LogP contribution in [0, 0.1) is 0 Å². The van der Waals surface area contributed by atoms with E-state index in [1.807, 2.05) is 0 Å². The molecule has 0 aliphatic heterocycles. The van der Waals surface area contributed by atoms with Crippen molar-refractivity contribution in [1.29, 1.82) is 0 Å². The molecule has 0 spiro atoms. The molecule has 0 unspecified atom stereocenters. The predicted octanol–water partition coefficient (Wildman–Crippen LogP) is -2.37. The third-order valence-corrected chi connectivity index (χ3v) is 2.80. The summed E-state index contributed by atoms with van der Waals surface area (Å²) in [5.74, 6) is 0. The van der Waals surface area contributed by atoms with Crippen LogP contribution in [0.2, 0.25) is 0 Å². The van der Waals surface area contributed by atoms with Gasteiger partial charge in [0.2, 0.25) is 0 Å². The van der Waals surface area contributed by atoms with Crippen LogP contribution in [0.1, 0.15) is 1.43 Å². The predicted molar refractivity (Wildman–Crippen MR) is 67.0 cm³/mol. The molecule has 0 saturated carbocycles. The number of aliphatic hydroxyl groups excluding tert-OH is 1. The van der Waals surface area contributed by atoms with Crippen LogP contribution in [-0.2, 0) is 14.3 Å². The Morgan fingerprint density at radius 2 is 1.89 bits per heavy atom. The van der Waals surface area contributed by atoms with Crippen LogP contribution in [0.25, 0.3) is 0 Å². The van der Waals surface area contributed by atoms with Crippen molar-refractivity contribution in [3.63, 3.8) is 0 Å². The summed E-state index contributed by atoms with van der Waals surface area (Å²) in [6.45, 7) is 3.84. The molecule has 0 radical (unpaired) electrons. The molecule has 0 aliphatic carbocycles. The van der Waals surface area contributed by atoms with Gasteiger partial charge in [-0.15, -0.1) is 6.58 Å². The largest absolute Gasteiger partial charge is 1.00 e. The smallest absolute Gasteiger partial charge is 1.00 e. The van der Waals surface area contributed by atoms with Crippen molar-refractivity contribution in [2.75, 3.05) is 19.8 Å². The minimum absolute atomic E-state index is 0. The minimum Gasteiger partial charge on any atom is -1.00 e. The van der Waals surface area contributed by atoms with Gasteiger partial charge in [0.1, 0.15) is 0 Å².